The lowest BCUT2D eigenvalue weighted by Crippen LogP contribution is -2.42. The van der Waals surface area contributed by atoms with Crippen molar-refractivity contribution in [3.63, 3.8) is 0 Å². The van der Waals surface area contributed by atoms with Gasteiger partial charge in [-0.2, -0.15) is 15.3 Å². The van der Waals surface area contributed by atoms with Gasteiger partial charge in [0.1, 0.15) is 22.2 Å². The van der Waals surface area contributed by atoms with Gasteiger partial charge in [-0.3, -0.25) is 19.3 Å². The maximum Gasteiger partial charge on any atom is 0.410 e. The first-order valence-corrected chi connectivity index (χ1v) is 24.1. The number of amides is 2. The first-order valence-electron chi connectivity index (χ1n) is 23.7. The summed E-state index contributed by atoms with van der Waals surface area (Å²) in [4.78, 5) is 46.4. The molecule has 0 unspecified atom stereocenters. The minimum absolute atomic E-state index is 0.222. The first kappa shape index (κ1) is 48.7. The Labute approximate surface area is 408 Å². The first-order chi connectivity index (χ1) is 32.9. The number of anilines is 2. The van der Waals surface area contributed by atoms with Gasteiger partial charge in [-0.15, -0.1) is 5.10 Å². The predicted molar refractivity (Wildman–Crippen MR) is 267 cm³/mol. The quantitative estimate of drug-likeness (QED) is 0.135. The van der Waals surface area contributed by atoms with Gasteiger partial charge in [0.25, 0.3) is 0 Å². The van der Waals surface area contributed by atoms with Crippen LogP contribution in [-0.4, -0.2) is 109 Å². The summed E-state index contributed by atoms with van der Waals surface area (Å²) < 4.78 is 14.9. The van der Waals surface area contributed by atoms with Gasteiger partial charge in [-0.1, -0.05) is 25.4 Å². The van der Waals surface area contributed by atoms with Crippen LogP contribution in [-0.2, 0) is 22.6 Å². The van der Waals surface area contributed by atoms with Crippen molar-refractivity contribution in [1.29, 1.82) is 0 Å². The zero-order valence-electron chi connectivity index (χ0n) is 40.8. The van der Waals surface area contributed by atoms with E-state index < -0.39 is 11.2 Å². The summed E-state index contributed by atoms with van der Waals surface area (Å²) in [5.74, 6) is 2.65. The van der Waals surface area contributed by atoms with Gasteiger partial charge in [0.2, 0.25) is 0 Å². The molecule has 9 rings (SSSR count). The minimum Gasteiger partial charge on any atom is -0.444 e. The Morgan fingerprint density at radius 3 is 1.62 bits per heavy atom. The van der Waals surface area contributed by atoms with Gasteiger partial charge in [0, 0.05) is 86.3 Å². The van der Waals surface area contributed by atoms with Gasteiger partial charge in [-0.25, -0.2) is 19.6 Å². The van der Waals surface area contributed by atoms with Crippen molar-refractivity contribution in [3.05, 3.63) is 96.6 Å². The number of rotatable bonds is 9. The lowest BCUT2D eigenvalue weighted by atomic mass is 9.97. The van der Waals surface area contributed by atoms with Crippen molar-refractivity contribution in [1.82, 2.24) is 59.5 Å². The third-order valence-electron chi connectivity index (χ3n) is 12.0. The highest BCUT2D eigenvalue weighted by Crippen LogP contribution is 2.28. The van der Waals surface area contributed by atoms with E-state index in [-0.39, 0.29) is 12.2 Å². The van der Waals surface area contributed by atoms with Crippen molar-refractivity contribution in [2.75, 3.05) is 31.5 Å². The molecule has 0 bridgehead atoms. The van der Waals surface area contributed by atoms with Crippen LogP contribution in [0.15, 0.2) is 85.8 Å². The average Bonchev–Trinajstić information content (AvgIpc) is 3.98. The number of aromatic nitrogens is 10. The molecule has 0 atom stereocenters. The van der Waals surface area contributed by atoms with E-state index in [1.54, 1.807) is 22.1 Å². The number of nitrogens with zero attached hydrogens (tertiary/aromatic N) is 12. The highest BCUT2D eigenvalue weighted by atomic mass is 35.5. The van der Waals surface area contributed by atoms with Crippen LogP contribution in [0, 0.1) is 11.8 Å². The van der Waals surface area contributed by atoms with Crippen LogP contribution in [0.4, 0.5) is 21.2 Å². The number of halogens is 1. The fraction of sp³-hybridized carbons (Fsp3) is 0.451. The molecule has 0 aliphatic carbocycles. The van der Waals surface area contributed by atoms with Crippen molar-refractivity contribution >= 4 is 57.5 Å². The van der Waals surface area contributed by atoms with E-state index in [0.717, 1.165) is 88.7 Å². The Hall–Kier alpha value is -6.75. The highest BCUT2D eigenvalue weighted by molar-refractivity contribution is 6.29. The Kier molecular flexibility index (Phi) is 14.7. The molecule has 0 spiro atoms. The lowest BCUT2D eigenvalue weighted by Gasteiger charge is -2.33. The molecule has 7 aromatic rings. The molecule has 9 heterocycles. The molecule has 18 heteroatoms. The van der Waals surface area contributed by atoms with Gasteiger partial charge in [-0.05, 0) is 133 Å². The molecule has 362 valence electrons. The Balaban J connectivity index is 0.000000192. The number of carbonyl (C=O) groups excluding carboxylic acids is 2. The maximum absolute atomic E-state index is 12.3. The summed E-state index contributed by atoms with van der Waals surface area (Å²) in [5.41, 5.74) is 7.27. The molecule has 7 aromatic heterocycles. The standard InChI is InChI=1S/C29H36N8O2.C22H26ClN5O2/c1-19(2)21-13-27(35-31-15-21)34-26-7-6-24-25(33-26)12-22(14-30-24)23-16-32-37(18-23)17-20-8-10-36(11-9-20)28(38)39-29(3,4)5;1-22(2,3)30-21(29)27-8-6-15(7-9-27)13-28-14-17(12-25-28)16-10-19-18(24-11-16)4-5-20(23)26-19/h6-7,12-16,18-20H,8-11,17H2,1-5H3,(H,33,34,35);4-5,10-12,14-15H,6-9,13H2,1-3H3. The Bertz CT molecular complexity index is 2890. The van der Waals surface area contributed by atoms with Crippen molar-refractivity contribution in [3.8, 4) is 22.3 Å². The van der Waals surface area contributed by atoms with Gasteiger partial charge in [0.15, 0.2) is 5.82 Å². The summed E-state index contributed by atoms with van der Waals surface area (Å²) in [7, 11) is 0. The molecule has 1 N–H and O–H groups in total. The second kappa shape index (κ2) is 20.9. The number of fused-ring (bicyclic) bond motifs is 2. The lowest BCUT2D eigenvalue weighted by molar-refractivity contribution is 0.0166. The van der Waals surface area contributed by atoms with Gasteiger partial charge in [0.05, 0.1) is 40.7 Å². The largest absolute Gasteiger partial charge is 0.444 e. The van der Waals surface area contributed by atoms with Crippen LogP contribution in [0.1, 0.15) is 92.6 Å². The fourth-order valence-corrected chi connectivity index (χ4v) is 8.42. The topological polar surface area (TPSA) is 184 Å². The monoisotopic (exact) mass is 955 g/mol. The second-order valence-corrected chi connectivity index (χ2v) is 20.6. The van der Waals surface area contributed by atoms with Crippen LogP contribution < -0.4 is 5.32 Å². The third kappa shape index (κ3) is 13.3. The molecule has 0 saturated carbocycles. The van der Waals surface area contributed by atoms with E-state index in [4.69, 9.17) is 26.1 Å². The number of hydrogen-bond donors (Lipinski definition) is 1. The van der Waals surface area contributed by atoms with Crippen molar-refractivity contribution in [2.24, 2.45) is 11.8 Å². The summed E-state index contributed by atoms with van der Waals surface area (Å²) in [6.07, 6.45) is 16.6. The maximum atomic E-state index is 12.3. The molecule has 0 radical (unpaired) electrons. The van der Waals surface area contributed by atoms with Crippen LogP contribution in [0.2, 0.25) is 5.15 Å². The summed E-state index contributed by atoms with van der Waals surface area (Å²) in [6.45, 7) is 20.1. The zero-order valence-corrected chi connectivity index (χ0v) is 41.5. The smallest absolute Gasteiger partial charge is 0.410 e. The van der Waals surface area contributed by atoms with Crippen LogP contribution in [0.25, 0.3) is 44.3 Å². The number of nitrogens with one attached hydrogen (secondary N) is 1. The molecule has 0 aromatic carbocycles. The number of ether oxygens (including phenoxy) is 2. The normalized spacial score (nSPS) is 15.0. The molecule has 17 nitrogen and oxygen atoms in total. The van der Waals surface area contributed by atoms with E-state index in [1.165, 1.54) is 0 Å². The zero-order chi connectivity index (χ0) is 48.9. The van der Waals surface area contributed by atoms with Crippen LogP contribution in [0.3, 0.4) is 0 Å². The number of piperidine rings is 2. The minimum atomic E-state index is -0.473. The molecule has 2 amide bonds. The Morgan fingerprint density at radius 2 is 1.13 bits per heavy atom. The average molecular weight is 957 g/mol. The van der Waals surface area contributed by atoms with E-state index in [1.807, 2.05) is 118 Å². The van der Waals surface area contributed by atoms with Crippen molar-refractivity contribution < 1.29 is 19.1 Å². The van der Waals surface area contributed by atoms with E-state index in [2.05, 4.69) is 60.7 Å². The molecule has 2 aliphatic heterocycles. The third-order valence-corrected chi connectivity index (χ3v) is 12.2. The van der Waals surface area contributed by atoms with E-state index in [9.17, 15) is 9.59 Å². The van der Waals surface area contributed by atoms with E-state index in [0.29, 0.717) is 60.7 Å². The molecular weight excluding hydrogens is 894 g/mol. The summed E-state index contributed by atoms with van der Waals surface area (Å²) >= 11 is 6.00. The van der Waals surface area contributed by atoms with Gasteiger partial charge >= 0.3 is 12.2 Å². The molecular formula is C51H62ClN13O4. The highest BCUT2D eigenvalue weighted by Gasteiger charge is 2.29. The number of pyridine rings is 4. The molecule has 2 fully saturated rings. The van der Waals surface area contributed by atoms with Gasteiger partial charge < -0.3 is 24.6 Å². The molecule has 69 heavy (non-hydrogen) atoms. The second-order valence-electron chi connectivity index (χ2n) is 20.2. The van der Waals surface area contributed by atoms with Crippen LogP contribution >= 0.6 is 11.6 Å². The molecule has 2 saturated heterocycles. The number of likely N-dealkylation sites (tertiary alicyclic amines) is 2. The Morgan fingerprint density at radius 1 is 0.638 bits per heavy atom. The fourth-order valence-electron chi connectivity index (χ4n) is 8.27. The SMILES string of the molecule is CC(C)(C)OC(=O)N1CCC(Cn2cc(-c3cnc4ccc(Cl)nc4c3)cn2)CC1.CC(C)c1cnnc(Nc2ccc3ncc(-c4cnn(CC5CCN(C(=O)OC(C)(C)C)CC5)c4)cc3n2)c1. The number of carbonyl (C=O) groups is 2. The number of hydrogen-bond acceptors (Lipinski definition) is 13. The summed E-state index contributed by atoms with van der Waals surface area (Å²) in [5, 5.41) is 21.1. The van der Waals surface area contributed by atoms with Crippen LogP contribution in [0.5, 0.6) is 0 Å². The van der Waals surface area contributed by atoms with Crippen molar-refractivity contribution in [2.45, 2.75) is 111 Å². The predicted octanol–water partition coefficient (Wildman–Crippen LogP) is 10.6. The van der Waals surface area contributed by atoms with E-state index >= 15 is 0 Å². The summed E-state index contributed by atoms with van der Waals surface area (Å²) in [6, 6.07) is 13.4. The molecule has 2 aliphatic rings.